The number of aromatic nitrogens is 4. The molecule has 0 radical (unpaired) electrons. The molecule has 0 saturated heterocycles. The molecule has 0 unspecified atom stereocenters. The Bertz CT molecular complexity index is 883. The Hall–Kier alpha value is -3.15. The highest BCUT2D eigenvalue weighted by molar-refractivity contribution is 5.84. The second kappa shape index (κ2) is 5.33. The van der Waals surface area contributed by atoms with E-state index in [9.17, 15) is 0 Å². The smallest absolute Gasteiger partial charge is 0.164 e. The van der Waals surface area contributed by atoms with Gasteiger partial charge in [0.05, 0.1) is 19.1 Å². The zero-order chi connectivity index (χ0) is 14.8. The number of nitrogens with zero attached hydrogens (tertiary/aromatic N) is 3. The number of anilines is 1. The first-order valence-electron chi connectivity index (χ1n) is 6.93. The highest BCUT2D eigenvalue weighted by Crippen LogP contribution is 2.22. The van der Waals surface area contributed by atoms with Crippen molar-refractivity contribution in [2.75, 3.05) is 5.32 Å². The first-order chi connectivity index (χ1) is 10.9. The average molecular weight is 291 g/mol. The van der Waals surface area contributed by atoms with Crippen molar-refractivity contribution >= 4 is 17.0 Å². The summed E-state index contributed by atoms with van der Waals surface area (Å²) in [5.41, 5.74) is 2.38. The molecule has 0 fully saturated rings. The molecule has 4 rings (SSSR count). The molecule has 6 heteroatoms. The Morgan fingerprint density at radius 3 is 2.77 bits per heavy atom. The van der Waals surface area contributed by atoms with E-state index < -0.39 is 0 Å². The van der Waals surface area contributed by atoms with Crippen LogP contribution in [0.15, 0.2) is 59.5 Å². The van der Waals surface area contributed by atoms with Crippen LogP contribution in [0.1, 0.15) is 5.76 Å². The summed E-state index contributed by atoms with van der Waals surface area (Å²) in [6, 6.07) is 13.6. The molecule has 3 heterocycles. The Morgan fingerprint density at radius 2 is 1.95 bits per heavy atom. The van der Waals surface area contributed by atoms with Crippen molar-refractivity contribution in [1.29, 1.82) is 0 Å². The Balaban J connectivity index is 1.74. The van der Waals surface area contributed by atoms with Gasteiger partial charge in [-0.3, -0.25) is 0 Å². The predicted molar refractivity (Wildman–Crippen MR) is 83.2 cm³/mol. The molecule has 0 atom stereocenters. The van der Waals surface area contributed by atoms with Gasteiger partial charge >= 0.3 is 0 Å². The summed E-state index contributed by atoms with van der Waals surface area (Å²) in [6.07, 6.45) is 3.27. The minimum Gasteiger partial charge on any atom is -0.467 e. The maximum atomic E-state index is 5.33. The van der Waals surface area contributed by atoms with Crippen molar-refractivity contribution in [3.63, 3.8) is 0 Å². The molecule has 0 bridgehead atoms. The van der Waals surface area contributed by atoms with Crippen LogP contribution in [0.4, 0.5) is 5.82 Å². The molecule has 0 aliphatic heterocycles. The van der Waals surface area contributed by atoms with Gasteiger partial charge in [0.15, 0.2) is 17.3 Å². The number of rotatable bonds is 4. The third-order valence-corrected chi connectivity index (χ3v) is 3.32. The van der Waals surface area contributed by atoms with Crippen LogP contribution in [-0.4, -0.2) is 19.9 Å². The van der Waals surface area contributed by atoms with Gasteiger partial charge in [-0.05, 0) is 12.1 Å². The SMILES string of the molecule is c1ccc(-c2nc(NCc3ccco3)c3nc[nH]c3n2)cc1. The van der Waals surface area contributed by atoms with Gasteiger partial charge in [0, 0.05) is 5.56 Å². The lowest BCUT2D eigenvalue weighted by atomic mass is 10.2. The lowest BCUT2D eigenvalue weighted by molar-refractivity contribution is 0.518. The van der Waals surface area contributed by atoms with Crippen LogP contribution >= 0.6 is 0 Å². The van der Waals surface area contributed by atoms with Crippen LogP contribution in [0.25, 0.3) is 22.6 Å². The van der Waals surface area contributed by atoms with Crippen molar-refractivity contribution in [2.45, 2.75) is 6.54 Å². The summed E-state index contributed by atoms with van der Waals surface area (Å²) in [6.45, 7) is 0.542. The topological polar surface area (TPSA) is 79.6 Å². The molecule has 6 nitrogen and oxygen atoms in total. The summed E-state index contributed by atoms with van der Waals surface area (Å²) < 4.78 is 5.33. The van der Waals surface area contributed by atoms with Crippen LogP contribution in [-0.2, 0) is 6.54 Å². The van der Waals surface area contributed by atoms with Crippen LogP contribution < -0.4 is 5.32 Å². The second-order valence-electron chi connectivity index (χ2n) is 4.79. The molecule has 0 aliphatic rings. The number of imidazole rings is 1. The zero-order valence-electron chi connectivity index (χ0n) is 11.7. The molecule has 0 aliphatic carbocycles. The van der Waals surface area contributed by atoms with Crippen molar-refractivity contribution in [2.24, 2.45) is 0 Å². The van der Waals surface area contributed by atoms with E-state index in [1.807, 2.05) is 42.5 Å². The van der Waals surface area contributed by atoms with Gasteiger partial charge in [-0.15, -0.1) is 0 Å². The lowest BCUT2D eigenvalue weighted by Gasteiger charge is -2.07. The Labute approximate surface area is 126 Å². The second-order valence-corrected chi connectivity index (χ2v) is 4.79. The van der Waals surface area contributed by atoms with E-state index in [0.29, 0.717) is 29.4 Å². The summed E-state index contributed by atoms with van der Waals surface area (Å²) in [5.74, 6) is 2.17. The van der Waals surface area contributed by atoms with E-state index in [1.54, 1.807) is 12.6 Å². The normalized spacial score (nSPS) is 10.9. The van der Waals surface area contributed by atoms with E-state index in [4.69, 9.17) is 4.42 Å². The first kappa shape index (κ1) is 12.6. The average Bonchev–Trinajstić information content (AvgIpc) is 3.24. The zero-order valence-corrected chi connectivity index (χ0v) is 11.7. The number of aromatic amines is 1. The van der Waals surface area contributed by atoms with Crippen molar-refractivity contribution in [1.82, 2.24) is 19.9 Å². The number of hydrogen-bond acceptors (Lipinski definition) is 5. The van der Waals surface area contributed by atoms with E-state index >= 15 is 0 Å². The third kappa shape index (κ3) is 2.31. The van der Waals surface area contributed by atoms with E-state index in [2.05, 4.69) is 25.3 Å². The summed E-state index contributed by atoms with van der Waals surface area (Å²) in [7, 11) is 0. The maximum Gasteiger partial charge on any atom is 0.164 e. The summed E-state index contributed by atoms with van der Waals surface area (Å²) in [5, 5.41) is 3.26. The van der Waals surface area contributed by atoms with Crippen LogP contribution in [0.3, 0.4) is 0 Å². The van der Waals surface area contributed by atoms with E-state index in [0.717, 1.165) is 11.3 Å². The number of H-pyrrole nitrogens is 1. The van der Waals surface area contributed by atoms with Gasteiger partial charge in [0.2, 0.25) is 0 Å². The molecular formula is C16H13N5O. The molecule has 4 aromatic rings. The number of fused-ring (bicyclic) bond motifs is 1. The fourth-order valence-corrected chi connectivity index (χ4v) is 2.26. The minimum atomic E-state index is 0.542. The minimum absolute atomic E-state index is 0.542. The molecule has 0 saturated carbocycles. The maximum absolute atomic E-state index is 5.33. The number of nitrogens with one attached hydrogen (secondary N) is 2. The van der Waals surface area contributed by atoms with Crippen LogP contribution in [0, 0.1) is 0 Å². The van der Waals surface area contributed by atoms with Gasteiger partial charge in [0.25, 0.3) is 0 Å². The number of furan rings is 1. The number of hydrogen-bond donors (Lipinski definition) is 2. The quantitative estimate of drug-likeness (QED) is 0.603. The molecule has 3 aromatic heterocycles. The third-order valence-electron chi connectivity index (χ3n) is 3.32. The van der Waals surface area contributed by atoms with Crippen LogP contribution in [0.5, 0.6) is 0 Å². The fraction of sp³-hybridized carbons (Fsp3) is 0.0625. The van der Waals surface area contributed by atoms with Gasteiger partial charge in [0.1, 0.15) is 11.3 Å². The lowest BCUT2D eigenvalue weighted by Crippen LogP contribution is -2.03. The standard InChI is InChI=1S/C16H13N5O/c1-2-5-11(6-3-1)14-20-15(13-16(21-14)19-10-18-13)17-9-12-7-4-8-22-12/h1-8,10H,9H2,(H2,17,18,19,20,21). The first-order valence-corrected chi connectivity index (χ1v) is 6.93. The number of benzene rings is 1. The van der Waals surface area contributed by atoms with Crippen molar-refractivity contribution in [3.05, 3.63) is 60.8 Å². The van der Waals surface area contributed by atoms with Gasteiger partial charge in [-0.25, -0.2) is 15.0 Å². The Kier molecular flexibility index (Phi) is 3.05. The fourth-order valence-electron chi connectivity index (χ4n) is 2.26. The monoisotopic (exact) mass is 291 g/mol. The molecule has 2 N–H and O–H groups in total. The van der Waals surface area contributed by atoms with Gasteiger partial charge in [-0.2, -0.15) is 0 Å². The molecule has 0 spiro atoms. The molecule has 1 aromatic carbocycles. The van der Waals surface area contributed by atoms with Crippen LogP contribution in [0.2, 0.25) is 0 Å². The predicted octanol–water partition coefficient (Wildman–Crippen LogP) is 3.23. The summed E-state index contributed by atoms with van der Waals surface area (Å²) >= 11 is 0. The van der Waals surface area contributed by atoms with E-state index in [-0.39, 0.29) is 0 Å². The largest absolute Gasteiger partial charge is 0.467 e. The van der Waals surface area contributed by atoms with E-state index in [1.165, 1.54) is 0 Å². The molecule has 0 amide bonds. The highest BCUT2D eigenvalue weighted by atomic mass is 16.3. The van der Waals surface area contributed by atoms with Gasteiger partial charge in [-0.1, -0.05) is 30.3 Å². The van der Waals surface area contributed by atoms with Crippen molar-refractivity contribution in [3.8, 4) is 11.4 Å². The highest BCUT2D eigenvalue weighted by Gasteiger charge is 2.11. The summed E-state index contributed by atoms with van der Waals surface area (Å²) in [4.78, 5) is 16.4. The van der Waals surface area contributed by atoms with Crippen molar-refractivity contribution < 1.29 is 4.42 Å². The Morgan fingerprint density at radius 1 is 1.05 bits per heavy atom. The molecular weight excluding hydrogens is 278 g/mol. The molecule has 22 heavy (non-hydrogen) atoms. The molecule has 108 valence electrons. The van der Waals surface area contributed by atoms with Gasteiger partial charge < -0.3 is 14.7 Å².